The zero-order valence-electron chi connectivity index (χ0n) is 14.5. The summed E-state index contributed by atoms with van der Waals surface area (Å²) in [7, 11) is 0. The summed E-state index contributed by atoms with van der Waals surface area (Å²) in [5.41, 5.74) is 3.56. The van der Waals surface area contributed by atoms with Crippen LogP contribution in [-0.4, -0.2) is 30.2 Å². The molecule has 24 heavy (non-hydrogen) atoms. The maximum atomic E-state index is 7.98. The summed E-state index contributed by atoms with van der Waals surface area (Å²) in [5, 5.41) is 7.98. The number of hydrogen-bond acceptors (Lipinski definition) is 2. The van der Waals surface area contributed by atoms with E-state index in [1.165, 1.54) is 63.6 Å². The zero-order valence-corrected chi connectivity index (χ0v) is 14.5. The van der Waals surface area contributed by atoms with E-state index < -0.39 is 0 Å². The van der Waals surface area contributed by atoms with Crippen molar-refractivity contribution in [3.8, 4) is 0 Å². The molecule has 0 bridgehead atoms. The van der Waals surface area contributed by atoms with Gasteiger partial charge < -0.3 is 10.3 Å². The first-order valence-electron chi connectivity index (χ1n) is 9.79. The molecule has 1 heterocycles. The van der Waals surface area contributed by atoms with Gasteiger partial charge in [0.1, 0.15) is 0 Å². The van der Waals surface area contributed by atoms with Gasteiger partial charge >= 0.3 is 0 Å². The maximum absolute atomic E-state index is 7.98. The monoisotopic (exact) mass is 320 g/mol. The van der Waals surface area contributed by atoms with Gasteiger partial charge in [0.2, 0.25) is 0 Å². The molecule has 0 aromatic heterocycles. The molecule has 126 valence electrons. The fourth-order valence-electron chi connectivity index (χ4n) is 5.83. The molecule has 2 atom stereocenters. The van der Waals surface area contributed by atoms with Crippen LogP contribution < -0.4 is 0 Å². The van der Waals surface area contributed by atoms with Crippen LogP contribution >= 0.6 is 0 Å². The van der Waals surface area contributed by atoms with Crippen molar-refractivity contribution in [1.29, 1.82) is 5.41 Å². The Morgan fingerprint density at radius 2 is 1.83 bits per heavy atom. The average molecular weight is 320 g/mol. The van der Waals surface area contributed by atoms with Crippen LogP contribution in [0, 0.1) is 16.7 Å². The fourth-order valence-corrected chi connectivity index (χ4v) is 5.83. The van der Waals surface area contributed by atoms with Crippen molar-refractivity contribution in [1.82, 2.24) is 4.90 Å². The van der Waals surface area contributed by atoms with E-state index in [0.717, 1.165) is 12.0 Å². The standard InChI is InChI=1S/C22H28N2/c23-16-22(18-5-6-18)10-8-19(15-22)24-13-11-21(12-14-24)9-7-17-3-1-2-4-20(17)21/h1-4,7,9,16,18-19,23H,5-6,8,10-15H2. The topological polar surface area (TPSA) is 27.1 Å². The van der Waals surface area contributed by atoms with E-state index in [4.69, 9.17) is 5.41 Å². The quantitative estimate of drug-likeness (QED) is 0.807. The number of nitrogens with zero attached hydrogens (tertiary/aromatic N) is 1. The predicted octanol–water partition coefficient (Wildman–Crippen LogP) is 4.65. The van der Waals surface area contributed by atoms with Crippen molar-refractivity contribution in [2.75, 3.05) is 13.1 Å². The summed E-state index contributed by atoms with van der Waals surface area (Å²) in [6, 6.07) is 9.69. The Balaban J connectivity index is 1.29. The number of benzene rings is 1. The lowest BCUT2D eigenvalue weighted by Gasteiger charge is -2.42. The van der Waals surface area contributed by atoms with Crippen LogP contribution in [0.2, 0.25) is 0 Å². The zero-order chi connectivity index (χ0) is 16.2. The molecule has 2 nitrogen and oxygen atoms in total. The summed E-state index contributed by atoms with van der Waals surface area (Å²) in [4.78, 5) is 2.76. The molecule has 2 heteroatoms. The number of nitrogens with one attached hydrogen (secondary N) is 1. The lowest BCUT2D eigenvalue weighted by molar-refractivity contribution is 0.128. The van der Waals surface area contributed by atoms with Crippen molar-refractivity contribution >= 4 is 12.3 Å². The highest BCUT2D eigenvalue weighted by Crippen LogP contribution is 2.55. The van der Waals surface area contributed by atoms with Gasteiger partial charge in [-0.1, -0.05) is 36.4 Å². The van der Waals surface area contributed by atoms with Gasteiger partial charge in [-0.15, -0.1) is 0 Å². The third kappa shape index (κ3) is 2.15. The Kier molecular flexibility index (Phi) is 3.28. The Morgan fingerprint density at radius 3 is 2.58 bits per heavy atom. The van der Waals surface area contributed by atoms with Crippen molar-refractivity contribution in [3.63, 3.8) is 0 Å². The van der Waals surface area contributed by atoms with Gasteiger partial charge in [-0.25, -0.2) is 0 Å². The minimum Gasteiger partial charge on any atom is -0.313 e. The van der Waals surface area contributed by atoms with Gasteiger partial charge in [0, 0.05) is 23.1 Å². The van der Waals surface area contributed by atoms with Crippen LogP contribution in [0.25, 0.3) is 6.08 Å². The molecule has 1 aromatic carbocycles. The number of hydrogen-bond donors (Lipinski definition) is 1. The predicted molar refractivity (Wildman–Crippen MR) is 99.5 cm³/mol. The molecule has 1 spiro atoms. The largest absolute Gasteiger partial charge is 0.313 e. The highest BCUT2D eigenvalue weighted by atomic mass is 15.2. The molecule has 1 N–H and O–H groups in total. The van der Waals surface area contributed by atoms with Gasteiger partial charge in [0.25, 0.3) is 0 Å². The van der Waals surface area contributed by atoms with Gasteiger partial charge in [-0.2, -0.15) is 0 Å². The molecule has 0 radical (unpaired) electrons. The normalized spacial score (nSPS) is 34.6. The first-order chi connectivity index (χ1) is 11.7. The summed E-state index contributed by atoms with van der Waals surface area (Å²) in [6.07, 6.45) is 15.7. The molecule has 3 aliphatic carbocycles. The average Bonchev–Trinajstić information content (AvgIpc) is 3.32. The molecule has 0 amide bonds. The van der Waals surface area contributed by atoms with E-state index in [-0.39, 0.29) is 5.41 Å². The molecular weight excluding hydrogens is 292 g/mol. The molecular formula is C22H28N2. The van der Waals surface area contributed by atoms with Crippen LogP contribution in [0.1, 0.15) is 56.1 Å². The highest BCUT2D eigenvalue weighted by Gasteiger charge is 2.50. The van der Waals surface area contributed by atoms with E-state index in [2.05, 4.69) is 41.3 Å². The smallest absolute Gasteiger partial charge is 0.0165 e. The van der Waals surface area contributed by atoms with Gasteiger partial charge in [0.15, 0.2) is 0 Å². The molecule has 1 aromatic rings. The van der Waals surface area contributed by atoms with Crippen LogP contribution in [-0.2, 0) is 5.41 Å². The van der Waals surface area contributed by atoms with E-state index in [1.54, 1.807) is 5.56 Å². The molecule has 5 rings (SSSR count). The van der Waals surface area contributed by atoms with Crippen molar-refractivity contribution < 1.29 is 0 Å². The summed E-state index contributed by atoms with van der Waals surface area (Å²) < 4.78 is 0. The summed E-state index contributed by atoms with van der Waals surface area (Å²) >= 11 is 0. The molecule has 1 aliphatic heterocycles. The van der Waals surface area contributed by atoms with Crippen molar-refractivity contribution in [2.45, 2.75) is 56.4 Å². The van der Waals surface area contributed by atoms with Gasteiger partial charge in [0.05, 0.1) is 0 Å². The van der Waals surface area contributed by atoms with E-state index in [1.807, 2.05) is 6.21 Å². The second kappa shape index (κ2) is 5.29. The second-order valence-corrected chi connectivity index (χ2v) is 8.66. The Morgan fingerprint density at radius 1 is 1.04 bits per heavy atom. The molecule has 2 saturated carbocycles. The number of allylic oxidation sites excluding steroid dienone is 1. The number of rotatable bonds is 3. The number of piperidine rings is 1. The van der Waals surface area contributed by atoms with E-state index in [0.29, 0.717) is 5.41 Å². The van der Waals surface area contributed by atoms with Crippen molar-refractivity contribution in [2.24, 2.45) is 11.3 Å². The lowest BCUT2D eigenvalue weighted by Crippen LogP contribution is -2.45. The number of likely N-dealkylation sites (tertiary alicyclic amines) is 1. The van der Waals surface area contributed by atoms with Crippen LogP contribution in [0.15, 0.2) is 30.3 Å². The lowest BCUT2D eigenvalue weighted by atomic mass is 9.74. The maximum Gasteiger partial charge on any atom is 0.0165 e. The Labute approximate surface area is 145 Å². The third-order valence-corrected chi connectivity index (χ3v) is 7.52. The van der Waals surface area contributed by atoms with Crippen molar-refractivity contribution in [3.05, 3.63) is 41.5 Å². The van der Waals surface area contributed by atoms with Crippen LogP contribution in [0.4, 0.5) is 0 Å². The fraction of sp³-hybridized carbons (Fsp3) is 0.591. The first-order valence-corrected chi connectivity index (χ1v) is 9.79. The summed E-state index contributed by atoms with van der Waals surface area (Å²) in [6.45, 7) is 2.45. The molecule has 3 fully saturated rings. The molecule has 4 aliphatic rings. The van der Waals surface area contributed by atoms with Crippen LogP contribution in [0.3, 0.4) is 0 Å². The van der Waals surface area contributed by atoms with E-state index in [9.17, 15) is 0 Å². The third-order valence-electron chi connectivity index (χ3n) is 7.52. The minimum absolute atomic E-state index is 0.264. The number of fused-ring (bicyclic) bond motifs is 2. The Bertz CT molecular complexity index is 679. The Hall–Kier alpha value is -1.41. The van der Waals surface area contributed by atoms with Gasteiger partial charge in [-0.3, -0.25) is 0 Å². The summed E-state index contributed by atoms with van der Waals surface area (Å²) in [5.74, 6) is 0.834. The van der Waals surface area contributed by atoms with Crippen LogP contribution in [0.5, 0.6) is 0 Å². The SMILES string of the molecule is N=CC1(C2CC2)CCC(N2CCC3(C=Cc4ccccc43)CC2)C1. The highest BCUT2D eigenvalue weighted by molar-refractivity contribution is 5.65. The second-order valence-electron chi connectivity index (χ2n) is 8.66. The van der Waals surface area contributed by atoms with E-state index >= 15 is 0 Å². The molecule has 2 unspecified atom stereocenters. The molecule has 1 saturated heterocycles. The minimum atomic E-state index is 0.264. The van der Waals surface area contributed by atoms with Gasteiger partial charge in [-0.05, 0) is 75.1 Å². The first kappa shape index (κ1) is 14.9.